The summed E-state index contributed by atoms with van der Waals surface area (Å²) in [5.41, 5.74) is 0.964. The Hall–Kier alpha value is -1.06. The van der Waals surface area contributed by atoms with Gasteiger partial charge >= 0.3 is 0 Å². The van der Waals surface area contributed by atoms with E-state index in [9.17, 15) is 5.11 Å². The van der Waals surface area contributed by atoms with Gasteiger partial charge in [0.25, 0.3) is 0 Å². The maximum absolute atomic E-state index is 9.80. The van der Waals surface area contributed by atoms with Crippen molar-refractivity contribution in [3.8, 4) is 5.75 Å². The Morgan fingerprint density at radius 1 is 1.41 bits per heavy atom. The molecular weight excluding hydrogens is 214 g/mol. The van der Waals surface area contributed by atoms with Gasteiger partial charge < -0.3 is 15.2 Å². The maximum atomic E-state index is 9.80. The number of phenols is 1. The first-order valence-electron chi connectivity index (χ1n) is 6.32. The highest BCUT2D eigenvalue weighted by Crippen LogP contribution is 2.25. The molecule has 0 amide bonds. The van der Waals surface area contributed by atoms with E-state index in [1.807, 2.05) is 18.2 Å². The molecule has 3 heteroatoms. The molecule has 3 unspecified atom stereocenters. The van der Waals surface area contributed by atoms with Crippen LogP contribution in [-0.2, 0) is 4.74 Å². The van der Waals surface area contributed by atoms with Gasteiger partial charge in [0.15, 0.2) is 0 Å². The SMILES string of the molecule is CC1CC(NC(C)c2ccccc2O)CCO1. The van der Waals surface area contributed by atoms with Crippen molar-refractivity contribution in [2.75, 3.05) is 6.61 Å². The van der Waals surface area contributed by atoms with Crippen LogP contribution in [0.2, 0.25) is 0 Å². The summed E-state index contributed by atoms with van der Waals surface area (Å²) in [5.74, 6) is 0.368. The largest absolute Gasteiger partial charge is 0.508 e. The third-order valence-electron chi connectivity index (χ3n) is 3.37. The second kappa shape index (κ2) is 5.52. The Morgan fingerprint density at radius 3 is 2.88 bits per heavy atom. The number of phenolic OH excluding ortho intramolecular Hbond substituents is 1. The molecule has 2 N–H and O–H groups in total. The number of rotatable bonds is 3. The molecule has 3 atom stereocenters. The Bertz CT molecular complexity index is 367. The van der Waals surface area contributed by atoms with Crippen LogP contribution >= 0.6 is 0 Å². The fourth-order valence-corrected chi connectivity index (χ4v) is 2.45. The molecule has 0 aliphatic carbocycles. The molecular formula is C14H21NO2. The normalized spacial score (nSPS) is 26.7. The number of nitrogens with one attached hydrogen (secondary N) is 1. The fraction of sp³-hybridized carbons (Fsp3) is 0.571. The van der Waals surface area contributed by atoms with E-state index in [2.05, 4.69) is 19.2 Å². The number of ether oxygens (including phenoxy) is 1. The standard InChI is InChI=1S/C14H21NO2/c1-10-9-12(7-8-17-10)15-11(2)13-5-3-4-6-14(13)16/h3-6,10-12,15-16H,7-9H2,1-2H3. The van der Waals surface area contributed by atoms with Gasteiger partial charge in [0.2, 0.25) is 0 Å². The molecule has 1 heterocycles. The lowest BCUT2D eigenvalue weighted by Crippen LogP contribution is -2.39. The minimum atomic E-state index is 0.173. The quantitative estimate of drug-likeness (QED) is 0.846. The van der Waals surface area contributed by atoms with Crippen molar-refractivity contribution in [3.05, 3.63) is 29.8 Å². The van der Waals surface area contributed by atoms with Crippen LogP contribution in [0.1, 0.15) is 38.3 Å². The van der Waals surface area contributed by atoms with E-state index in [1.54, 1.807) is 6.07 Å². The minimum absolute atomic E-state index is 0.173. The van der Waals surface area contributed by atoms with Crippen molar-refractivity contribution in [1.82, 2.24) is 5.32 Å². The molecule has 0 spiro atoms. The Kier molecular flexibility index (Phi) is 4.02. The topological polar surface area (TPSA) is 41.5 Å². The van der Waals surface area contributed by atoms with Crippen LogP contribution in [0.15, 0.2) is 24.3 Å². The zero-order chi connectivity index (χ0) is 12.3. The molecule has 1 aliphatic rings. The minimum Gasteiger partial charge on any atom is -0.508 e. The predicted octanol–water partition coefficient (Wildman–Crippen LogP) is 2.61. The molecule has 94 valence electrons. The van der Waals surface area contributed by atoms with Crippen LogP contribution < -0.4 is 5.32 Å². The number of para-hydroxylation sites is 1. The summed E-state index contributed by atoms with van der Waals surface area (Å²) >= 11 is 0. The van der Waals surface area contributed by atoms with Gasteiger partial charge in [0.05, 0.1) is 6.10 Å². The van der Waals surface area contributed by atoms with Gasteiger partial charge in [-0.2, -0.15) is 0 Å². The lowest BCUT2D eigenvalue weighted by molar-refractivity contribution is 0.0115. The number of hydrogen-bond acceptors (Lipinski definition) is 3. The number of benzene rings is 1. The van der Waals surface area contributed by atoms with E-state index in [0.717, 1.165) is 25.0 Å². The van der Waals surface area contributed by atoms with Gasteiger partial charge in [-0.3, -0.25) is 0 Å². The summed E-state index contributed by atoms with van der Waals surface area (Å²) in [5, 5.41) is 13.4. The Labute approximate surface area is 103 Å². The summed E-state index contributed by atoms with van der Waals surface area (Å²) in [6.07, 6.45) is 2.41. The molecule has 1 aromatic rings. The van der Waals surface area contributed by atoms with Crippen molar-refractivity contribution < 1.29 is 9.84 Å². The van der Waals surface area contributed by atoms with E-state index >= 15 is 0 Å². The van der Waals surface area contributed by atoms with Crippen LogP contribution in [0, 0.1) is 0 Å². The van der Waals surface area contributed by atoms with Crippen LogP contribution in [0.25, 0.3) is 0 Å². The van der Waals surface area contributed by atoms with Crippen LogP contribution in [0.5, 0.6) is 5.75 Å². The molecule has 0 bridgehead atoms. The van der Waals surface area contributed by atoms with E-state index in [1.165, 1.54) is 0 Å². The number of aromatic hydroxyl groups is 1. The molecule has 1 saturated heterocycles. The average Bonchev–Trinajstić information content (AvgIpc) is 2.29. The molecule has 2 rings (SSSR count). The molecule has 0 radical (unpaired) electrons. The Morgan fingerprint density at radius 2 is 2.18 bits per heavy atom. The highest BCUT2D eigenvalue weighted by Gasteiger charge is 2.21. The lowest BCUT2D eigenvalue weighted by Gasteiger charge is -2.30. The zero-order valence-electron chi connectivity index (χ0n) is 10.5. The second-order valence-electron chi connectivity index (χ2n) is 4.85. The molecule has 17 heavy (non-hydrogen) atoms. The van der Waals surface area contributed by atoms with Gasteiger partial charge in [0.1, 0.15) is 5.75 Å². The molecule has 3 nitrogen and oxygen atoms in total. The monoisotopic (exact) mass is 235 g/mol. The van der Waals surface area contributed by atoms with Gasteiger partial charge in [-0.25, -0.2) is 0 Å². The van der Waals surface area contributed by atoms with Crippen molar-refractivity contribution in [2.24, 2.45) is 0 Å². The summed E-state index contributed by atoms with van der Waals surface area (Å²) in [7, 11) is 0. The van der Waals surface area contributed by atoms with E-state index in [0.29, 0.717) is 17.9 Å². The zero-order valence-corrected chi connectivity index (χ0v) is 10.5. The summed E-state index contributed by atoms with van der Waals surface area (Å²) in [6.45, 7) is 5.03. The van der Waals surface area contributed by atoms with Crippen molar-refractivity contribution in [1.29, 1.82) is 0 Å². The molecule has 1 fully saturated rings. The van der Waals surface area contributed by atoms with Crippen LogP contribution in [0.4, 0.5) is 0 Å². The van der Waals surface area contributed by atoms with Crippen LogP contribution in [0.3, 0.4) is 0 Å². The smallest absolute Gasteiger partial charge is 0.120 e. The third-order valence-corrected chi connectivity index (χ3v) is 3.37. The van der Waals surface area contributed by atoms with E-state index < -0.39 is 0 Å². The van der Waals surface area contributed by atoms with E-state index in [4.69, 9.17) is 4.74 Å². The molecule has 0 aromatic heterocycles. The predicted molar refractivity (Wildman–Crippen MR) is 68.1 cm³/mol. The molecule has 1 aliphatic heterocycles. The summed E-state index contributed by atoms with van der Waals surface area (Å²) in [4.78, 5) is 0. The summed E-state index contributed by atoms with van der Waals surface area (Å²) < 4.78 is 5.53. The summed E-state index contributed by atoms with van der Waals surface area (Å²) in [6, 6.07) is 8.16. The van der Waals surface area contributed by atoms with Crippen LogP contribution in [-0.4, -0.2) is 23.9 Å². The maximum Gasteiger partial charge on any atom is 0.120 e. The first-order valence-corrected chi connectivity index (χ1v) is 6.32. The first kappa shape index (κ1) is 12.4. The van der Waals surface area contributed by atoms with Gasteiger partial charge in [-0.05, 0) is 32.8 Å². The lowest BCUT2D eigenvalue weighted by atomic mass is 10.0. The van der Waals surface area contributed by atoms with Crippen molar-refractivity contribution >= 4 is 0 Å². The second-order valence-corrected chi connectivity index (χ2v) is 4.85. The van der Waals surface area contributed by atoms with Gasteiger partial charge in [-0.1, -0.05) is 18.2 Å². The third kappa shape index (κ3) is 3.20. The number of hydrogen-bond donors (Lipinski definition) is 2. The first-order chi connectivity index (χ1) is 8.16. The van der Waals surface area contributed by atoms with Gasteiger partial charge in [-0.15, -0.1) is 0 Å². The molecule has 1 aromatic carbocycles. The van der Waals surface area contributed by atoms with Gasteiger partial charge in [0, 0.05) is 24.3 Å². The highest BCUT2D eigenvalue weighted by molar-refractivity contribution is 5.34. The average molecular weight is 235 g/mol. The Balaban J connectivity index is 1.97. The fourth-order valence-electron chi connectivity index (χ4n) is 2.45. The highest BCUT2D eigenvalue weighted by atomic mass is 16.5. The van der Waals surface area contributed by atoms with Crippen molar-refractivity contribution in [2.45, 2.75) is 44.9 Å². The molecule has 0 saturated carbocycles. The van der Waals surface area contributed by atoms with Crippen molar-refractivity contribution in [3.63, 3.8) is 0 Å². The van der Waals surface area contributed by atoms with E-state index in [-0.39, 0.29) is 6.04 Å².